The molecule has 4 rings (SSSR count). The first-order chi connectivity index (χ1) is 16.7. The van der Waals surface area contributed by atoms with Gasteiger partial charge in [0.1, 0.15) is 29.6 Å². The number of nitro benzene ring substituents is 1. The van der Waals surface area contributed by atoms with Crippen molar-refractivity contribution in [2.45, 2.75) is 0 Å². The summed E-state index contributed by atoms with van der Waals surface area (Å²) in [4.78, 5) is 48.6. The summed E-state index contributed by atoms with van der Waals surface area (Å²) in [5, 5.41) is 12.9. The summed E-state index contributed by atoms with van der Waals surface area (Å²) in [6, 6.07) is 12.3. The number of hydrogen-bond acceptors (Lipinski definition) is 8. The number of rotatable bonds is 7. The number of carbonyl (C=O) groups excluding carboxylic acids is 3. The van der Waals surface area contributed by atoms with Crippen molar-refractivity contribution in [2.24, 2.45) is 0 Å². The van der Waals surface area contributed by atoms with Gasteiger partial charge in [0.05, 0.1) is 22.5 Å². The summed E-state index contributed by atoms with van der Waals surface area (Å²) in [5.74, 6) is -1.09. The number of hydrogen-bond donors (Lipinski definition) is 1. The van der Waals surface area contributed by atoms with Gasteiger partial charge in [0.15, 0.2) is 0 Å². The smallest absolute Gasteiger partial charge is 0.294 e. The van der Waals surface area contributed by atoms with Gasteiger partial charge in [-0.25, -0.2) is 4.39 Å². The molecule has 0 radical (unpaired) electrons. The summed E-state index contributed by atoms with van der Waals surface area (Å²) in [7, 11) is 1.41. The molecule has 2 heterocycles. The molecular weight excluding hydrogens is 481 g/mol. The summed E-state index contributed by atoms with van der Waals surface area (Å²) >= 11 is 0.631. The molecule has 0 spiro atoms. The van der Waals surface area contributed by atoms with Gasteiger partial charge in [0.2, 0.25) is 5.91 Å². The van der Waals surface area contributed by atoms with Crippen LogP contribution in [0, 0.1) is 15.9 Å². The third kappa shape index (κ3) is 5.22. The van der Waals surface area contributed by atoms with Crippen LogP contribution in [0.25, 0.3) is 17.4 Å². The normalized spacial score (nSPS) is 14.5. The lowest BCUT2D eigenvalue weighted by atomic mass is 10.1. The number of non-ortho nitro benzene ring substituents is 1. The van der Waals surface area contributed by atoms with Gasteiger partial charge in [-0.3, -0.25) is 29.4 Å². The van der Waals surface area contributed by atoms with E-state index < -0.39 is 34.3 Å². The molecule has 178 valence electrons. The highest BCUT2D eigenvalue weighted by Gasteiger charge is 2.36. The second kappa shape index (κ2) is 9.81. The number of imide groups is 1. The Labute approximate surface area is 201 Å². The highest BCUT2D eigenvalue weighted by molar-refractivity contribution is 8.18. The van der Waals surface area contributed by atoms with E-state index in [9.17, 15) is 28.9 Å². The van der Waals surface area contributed by atoms with E-state index in [0.717, 1.165) is 11.0 Å². The maximum absolute atomic E-state index is 13.3. The predicted molar refractivity (Wildman–Crippen MR) is 125 cm³/mol. The van der Waals surface area contributed by atoms with E-state index in [-0.39, 0.29) is 27.8 Å². The lowest BCUT2D eigenvalue weighted by Gasteiger charge is -2.12. The third-order valence-corrected chi connectivity index (χ3v) is 5.75. The number of methoxy groups -OCH3 is 1. The van der Waals surface area contributed by atoms with Crippen LogP contribution in [-0.2, 0) is 9.59 Å². The molecule has 0 unspecified atom stereocenters. The van der Waals surface area contributed by atoms with E-state index in [0.29, 0.717) is 23.1 Å². The van der Waals surface area contributed by atoms with Crippen LogP contribution in [0.2, 0.25) is 0 Å². The van der Waals surface area contributed by atoms with E-state index >= 15 is 0 Å². The van der Waals surface area contributed by atoms with Gasteiger partial charge >= 0.3 is 0 Å². The number of carbonyl (C=O) groups is 3. The second-order valence-corrected chi connectivity index (χ2v) is 8.16. The number of thioether (sulfide) groups is 1. The largest absolute Gasteiger partial charge is 0.496 e. The zero-order valence-electron chi connectivity index (χ0n) is 18.0. The highest BCUT2D eigenvalue weighted by Crippen LogP contribution is 2.36. The molecule has 0 atom stereocenters. The minimum atomic E-state index is -0.694. The zero-order chi connectivity index (χ0) is 25.1. The Balaban J connectivity index is 1.50. The van der Waals surface area contributed by atoms with E-state index in [4.69, 9.17) is 9.15 Å². The standard InChI is InChI=1S/C23H16FN3O7S/c1-33-18-7-5-15(27(31)32)10-17(18)19-8-6-16(34-19)11-20-22(29)26(23(30)35-20)12-21(28)25-14-4-2-3-13(24)9-14/h2-11H,12H2,1H3,(H,25,28)/b20-11+. The molecule has 12 heteroatoms. The van der Waals surface area contributed by atoms with Gasteiger partial charge in [-0.2, -0.15) is 0 Å². The lowest BCUT2D eigenvalue weighted by molar-refractivity contribution is -0.384. The van der Waals surface area contributed by atoms with Crippen LogP contribution in [0.4, 0.5) is 20.6 Å². The molecule has 0 bridgehead atoms. The SMILES string of the molecule is COc1ccc([N+](=O)[O-])cc1-c1ccc(/C=C2/SC(=O)N(CC(=O)Nc3cccc(F)c3)C2=O)o1. The van der Waals surface area contributed by atoms with E-state index in [1.807, 2.05) is 0 Å². The van der Waals surface area contributed by atoms with Crippen molar-refractivity contribution in [3.63, 3.8) is 0 Å². The molecule has 1 aromatic heterocycles. The molecule has 2 aromatic carbocycles. The van der Waals surface area contributed by atoms with Gasteiger partial charge in [0, 0.05) is 23.9 Å². The number of ether oxygens (including phenoxy) is 1. The zero-order valence-corrected chi connectivity index (χ0v) is 18.8. The van der Waals surface area contributed by atoms with Crippen molar-refractivity contribution >= 4 is 46.3 Å². The van der Waals surface area contributed by atoms with Crippen LogP contribution in [0.3, 0.4) is 0 Å². The maximum atomic E-state index is 13.3. The Hall–Kier alpha value is -4.45. The molecule has 1 fully saturated rings. The quantitative estimate of drug-likeness (QED) is 0.283. The molecule has 1 aliphatic rings. The first kappa shape index (κ1) is 23.7. The average Bonchev–Trinajstić information content (AvgIpc) is 3.38. The molecule has 1 saturated heterocycles. The molecule has 1 N–H and O–H groups in total. The van der Waals surface area contributed by atoms with Crippen molar-refractivity contribution < 1.29 is 32.9 Å². The van der Waals surface area contributed by atoms with Crippen molar-refractivity contribution in [1.29, 1.82) is 0 Å². The van der Waals surface area contributed by atoms with Crippen molar-refractivity contribution in [3.8, 4) is 17.1 Å². The number of nitro groups is 1. The van der Waals surface area contributed by atoms with Crippen LogP contribution in [0.1, 0.15) is 5.76 Å². The fourth-order valence-electron chi connectivity index (χ4n) is 3.25. The topological polar surface area (TPSA) is 132 Å². The number of anilines is 1. The Morgan fingerprint density at radius 2 is 2.03 bits per heavy atom. The maximum Gasteiger partial charge on any atom is 0.294 e. The van der Waals surface area contributed by atoms with E-state index in [2.05, 4.69) is 5.32 Å². The van der Waals surface area contributed by atoms with Crippen molar-refractivity contribution in [3.05, 3.63) is 81.2 Å². The number of halogens is 1. The van der Waals surface area contributed by atoms with E-state index in [1.54, 1.807) is 6.07 Å². The molecule has 3 aromatic rings. The van der Waals surface area contributed by atoms with Crippen molar-refractivity contribution in [2.75, 3.05) is 19.0 Å². The Morgan fingerprint density at radius 3 is 2.74 bits per heavy atom. The average molecular weight is 497 g/mol. The summed E-state index contributed by atoms with van der Waals surface area (Å²) in [5.41, 5.74) is 0.372. The number of amides is 3. The number of nitrogens with one attached hydrogen (secondary N) is 1. The molecule has 0 saturated carbocycles. The van der Waals surface area contributed by atoms with Crippen LogP contribution < -0.4 is 10.1 Å². The monoisotopic (exact) mass is 497 g/mol. The van der Waals surface area contributed by atoms with E-state index in [1.165, 1.54) is 55.7 Å². The molecule has 35 heavy (non-hydrogen) atoms. The Bertz CT molecular complexity index is 1380. The molecule has 10 nitrogen and oxygen atoms in total. The number of nitrogens with zero attached hydrogens (tertiary/aromatic N) is 2. The third-order valence-electron chi connectivity index (χ3n) is 4.84. The first-order valence-corrected chi connectivity index (χ1v) is 10.8. The van der Waals surface area contributed by atoms with Crippen LogP contribution in [0.5, 0.6) is 5.75 Å². The summed E-state index contributed by atoms with van der Waals surface area (Å²) in [6.45, 7) is -0.549. The molecule has 3 amide bonds. The van der Waals surface area contributed by atoms with Crippen LogP contribution >= 0.6 is 11.8 Å². The molecular formula is C23H16FN3O7S. The van der Waals surface area contributed by atoms with Crippen LogP contribution in [0.15, 0.2) is 63.9 Å². The minimum absolute atomic E-state index is 0.0282. The highest BCUT2D eigenvalue weighted by atomic mass is 32.2. The first-order valence-electron chi connectivity index (χ1n) is 9.98. The van der Waals surface area contributed by atoms with Gasteiger partial charge in [-0.1, -0.05) is 6.07 Å². The minimum Gasteiger partial charge on any atom is -0.496 e. The van der Waals surface area contributed by atoms with Gasteiger partial charge < -0.3 is 14.5 Å². The molecule has 1 aliphatic heterocycles. The second-order valence-electron chi connectivity index (χ2n) is 7.17. The van der Waals surface area contributed by atoms with Crippen LogP contribution in [-0.4, -0.2) is 40.5 Å². The number of furan rings is 1. The Kier molecular flexibility index (Phi) is 6.64. The number of benzene rings is 2. The summed E-state index contributed by atoms with van der Waals surface area (Å²) in [6.07, 6.45) is 1.34. The van der Waals surface area contributed by atoms with Gasteiger partial charge in [0.25, 0.3) is 16.8 Å². The van der Waals surface area contributed by atoms with Crippen molar-refractivity contribution in [1.82, 2.24) is 4.90 Å². The summed E-state index contributed by atoms with van der Waals surface area (Å²) < 4.78 is 24.2. The fourth-order valence-corrected chi connectivity index (χ4v) is 4.07. The molecule has 0 aliphatic carbocycles. The fraction of sp³-hybridized carbons (Fsp3) is 0.0870. The van der Waals surface area contributed by atoms with Gasteiger partial charge in [-0.05, 0) is 48.2 Å². The lowest BCUT2D eigenvalue weighted by Crippen LogP contribution is -2.36. The Morgan fingerprint density at radius 1 is 1.23 bits per heavy atom. The van der Waals surface area contributed by atoms with Gasteiger partial charge in [-0.15, -0.1) is 0 Å². The predicted octanol–water partition coefficient (Wildman–Crippen LogP) is 4.68.